The second-order valence-corrected chi connectivity index (χ2v) is 5.55. The van der Waals surface area contributed by atoms with Gasteiger partial charge in [0.25, 0.3) is 5.91 Å². The zero-order valence-corrected chi connectivity index (χ0v) is 13.8. The predicted octanol–water partition coefficient (Wildman–Crippen LogP) is 1.29. The Balaban J connectivity index is 1.67. The molecule has 0 spiro atoms. The van der Waals surface area contributed by atoms with Crippen LogP contribution in [0.3, 0.4) is 0 Å². The molecule has 2 rings (SSSR count). The molecule has 0 aromatic heterocycles. The molecule has 25 heavy (non-hydrogen) atoms. The van der Waals surface area contributed by atoms with Gasteiger partial charge in [-0.1, -0.05) is 11.6 Å². The topological polar surface area (TPSA) is 105 Å². The van der Waals surface area contributed by atoms with Crippen LogP contribution in [-0.4, -0.2) is 48.4 Å². The van der Waals surface area contributed by atoms with E-state index in [0.717, 1.165) is 11.0 Å². The fourth-order valence-corrected chi connectivity index (χ4v) is 2.23. The summed E-state index contributed by atoms with van der Waals surface area (Å²) in [4.78, 5) is 46.8. The summed E-state index contributed by atoms with van der Waals surface area (Å²) < 4.78 is 17.8. The first-order valence-electron chi connectivity index (χ1n) is 7.35. The molecule has 8 nitrogen and oxygen atoms in total. The van der Waals surface area contributed by atoms with E-state index in [9.17, 15) is 23.6 Å². The van der Waals surface area contributed by atoms with Gasteiger partial charge in [-0.15, -0.1) is 0 Å². The zero-order valence-electron chi connectivity index (χ0n) is 13.0. The SMILES string of the molecule is O=C(COC(=O)CCCN1C(=O)CNC1=O)Nc1ccc(F)c(Cl)c1. The van der Waals surface area contributed by atoms with Crippen LogP contribution in [0.4, 0.5) is 14.9 Å². The lowest BCUT2D eigenvalue weighted by molar-refractivity contribution is -0.147. The largest absolute Gasteiger partial charge is 0.456 e. The average molecular weight is 372 g/mol. The molecule has 134 valence electrons. The summed E-state index contributed by atoms with van der Waals surface area (Å²) in [6.07, 6.45) is 0.180. The van der Waals surface area contributed by atoms with E-state index in [2.05, 4.69) is 10.6 Å². The highest BCUT2D eigenvalue weighted by atomic mass is 35.5. The van der Waals surface area contributed by atoms with Gasteiger partial charge in [0.1, 0.15) is 5.82 Å². The average Bonchev–Trinajstić information content (AvgIpc) is 2.88. The summed E-state index contributed by atoms with van der Waals surface area (Å²) in [5.41, 5.74) is 0.269. The second kappa shape index (κ2) is 8.43. The summed E-state index contributed by atoms with van der Waals surface area (Å²) >= 11 is 5.59. The first-order chi connectivity index (χ1) is 11.9. The molecule has 10 heteroatoms. The normalized spacial score (nSPS) is 13.6. The van der Waals surface area contributed by atoms with E-state index in [1.807, 2.05) is 0 Å². The fraction of sp³-hybridized carbons (Fsp3) is 0.333. The number of amides is 4. The number of anilines is 1. The summed E-state index contributed by atoms with van der Waals surface area (Å²) in [7, 11) is 0. The van der Waals surface area contributed by atoms with Crippen LogP contribution in [0.2, 0.25) is 5.02 Å². The van der Waals surface area contributed by atoms with Crippen molar-refractivity contribution in [2.75, 3.05) is 25.0 Å². The van der Waals surface area contributed by atoms with E-state index in [1.54, 1.807) is 0 Å². The minimum Gasteiger partial charge on any atom is -0.456 e. The Morgan fingerprint density at radius 1 is 1.36 bits per heavy atom. The number of esters is 1. The maximum Gasteiger partial charge on any atom is 0.324 e. The Bertz CT molecular complexity index is 696. The molecule has 2 N–H and O–H groups in total. The second-order valence-electron chi connectivity index (χ2n) is 5.15. The third-order valence-electron chi connectivity index (χ3n) is 3.27. The third kappa shape index (κ3) is 5.42. The number of hydrogen-bond acceptors (Lipinski definition) is 5. The zero-order chi connectivity index (χ0) is 18.4. The molecule has 0 bridgehead atoms. The highest BCUT2D eigenvalue weighted by Gasteiger charge is 2.27. The molecule has 4 amide bonds. The van der Waals surface area contributed by atoms with Gasteiger partial charge in [-0.2, -0.15) is 0 Å². The van der Waals surface area contributed by atoms with Crippen LogP contribution in [0, 0.1) is 5.82 Å². The molecule has 0 aliphatic carbocycles. The quantitative estimate of drug-likeness (QED) is 0.555. The van der Waals surface area contributed by atoms with Crippen molar-refractivity contribution in [3.63, 3.8) is 0 Å². The lowest BCUT2D eigenvalue weighted by Gasteiger charge is -2.11. The van der Waals surface area contributed by atoms with Gasteiger partial charge in [0.15, 0.2) is 6.61 Å². The molecule has 1 aromatic rings. The number of benzene rings is 1. The molecule has 0 unspecified atom stereocenters. The maximum atomic E-state index is 13.0. The van der Waals surface area contributed by atoms with Crippen molar-refractivity contribution in [1.82, 2.24) is 10.2 Å². The summed E-state index contributed by atoms with van der Waals surface area (Å²) in [5.74, 6) is -2.21. The number of halogens is 2. The first kappa shape index (κ1) is 18.7. The Morgan fingerprint density at radius 2 is 2.12 bits per heavy atom. The van der Waals surface area contributed by atoms with E-state index in [0.29, 0.717) is 0 Å². The molecule has 0 radical (unpaired) electrons. The Labute approximate surface area is 147 Å². The number of ether oxygens (including phenoxy) is 1. The van der Waals surface area contributed by atoms with Crippen LogP contribution in [0.15, 0.2) is 18.2 Å². The van der Waals surface area contributed by atoms with Crippen molar-refractivity contribution in [2.24, 2.45) is 0 Å². The smallest absolute Gasteiger partial charge is 0.324 e. The van der Waals surface area contributed by atoms with Crippen molar-refractivity contribution < 1.29 is 28.3 Å². The van der Waals surface area contributed by atoms with Gasteiger partial charge in [0, 0.05) is 18.7 Å². The van der Waals surface area contributed by atoms with E-state index < -0.39 is 30.3 Å². The van der Waals surface area contributed by atoms with E-state index in [-0.39, 0.29) is 42.5 Å². The number of carbonyl (C=O) groups excluding carboxylic acids is 4. The van der Waals surface area contributed by atoms with Crippen LogP contribution in [0.25, 0.3) is 0 Å². The monoisotopic (exact) mass is 371 g/mol. The predicted molar refractivity (Wildman–Crippen MR) is 85.3 cm³/mol. The van der Waals surface area contributed by atoms with Crippen molar-refractivity contribution >= 4 is 41.1 Å². The lowest BCUT2D eigenvalue weighted by atomic mass is 10.3. The van der Waals surface area contributed by atoms with Gasteiger partial charge in [0.2, 0.25) is 5.91 Å². The Kier molecular flexibility index (Phi) is 6.29. The molecule has 1 aliphatic heterocycles. The fourth-order valence-electron chi connectivity index (χ4n) is 2.05. The van der Waals surface area contributed by atoms with Crippen molar-refractivity contribution in [1.29, 1.82) is 0 Å². The van der Waals surface area contributed by atoms with E-state index >= 15 is 0 Å². The number of hydrogen-bond donors (Lipinski definition) is 2. The molecule has 1 aliphatic rings. The lowest BCUT2D eigenvalue weighted by Crippen LogP contribution is -2.32. The number of nitrogens with zero attached hydrogens (tertiary/aromatic N) is 1. The highest BCUT2D eigenvalue weighted by molar-refractivity contribution is 6.31. The van der Waals surface area contributed by atoms with Gasteiger partial charge in [-0.25, -0.2) is 9.18 Å². The standard InChI is InChI=1S/C15H15ClFN3O5/c16-10-6-9(3-4-11(10)17)19-12(21)8-25-14(23)2-1-5-20-13(22)7-18-15(20)24/h3-4,6H,1-2,5,7-8H2,(H,18,24)(H,19,21). The number of rotatable bonds is 7. The van der Waals surface area contributed by atoms with Crippen LogP contribution in [0.5, 0.6) is 0 Å². The van der Waals surface area contributed by atoms with Gasteiger partial charge >= 0.3 is 12.0 Å². The summed E-state index contributed by atoms with van der Waals surface area (Å²) in [5, 5.41) is 4.63. The van der Waals surface area contributed by atoms with Crippen molar-refractivity contribution in [3.8, 4) is 0 Å². The van der Waals surface area contributed by atoms with E-state index in [4.69, 9.17) is 16.3 Å². The van der Waals surface area contributed by atoms with Crippen molar-refractivity contribution in [2.45, 2.75) is 12.8 Å². The molecule has 0 atom stereocenters. The van der Waals surface area contributed by atoms with Crippen LogP contribution >= 0.6 is 11.6 Å². The molecule has 1 saturated heterocycles. The first-order valence-corrected chi connectivity index (χ1v) is 7.73. The number of carbonyl (C=O) groups is 4. The number of imide groups is 1. The van der Waals surface area contributed by atoms with Crippen molar-refractivity contribution in [3.05, 3.63) is 29.0 Å². The maximum absolute atomic E-state index is 13.0. The Morgan fingerprint density at radius 3 is 2.76 bits per heavy atom. The summed E-state index contributed by atoms with van der Waals surface area (Å²) in [6.45, 7) is -0.464. The molecule has 1 fully saturated rings. The molecule has 1 heterocycles. The Hall–Kier alpha value is -2.68. The highest BCUT2D eigenvalue weighted by Crippen LogP contribution is 2.19. The van der Waals surface area contributed by atoms with Gasteiger partial charge in [-0.05, 0) is 24.6 Å². The number of nitrogens with one attached hydrogen (secondary N) is 2. The molecule has 1 aromatic carbocycles. The third-order valence-corrected chi connectivity index (χ3v) is 3.56. The van der Waals surface area contributed by atoms with Gasteiger partial charge in [-0.3, -0.25) is 19.3 Å². The van der Waals surface area contributed by atoms with E-state index in [1.165, 1.54) is 12.1 Å². The number of urea groups is 1. The molecular weight excluding hydrogens is 357 g/mol. The van der Waals surface area contributed by atoms with Crippen LogP contribution in [-0.2, 0) is 19.1 Å². The van der Waals surface area contributed by atoms with Crippen LogP contribution < -0.4 is 10.6 Å². The molecule has 0 saturated carbocycles. The minimum atomic E-state index is -0.639. The molecular formula is C15H15ClFN3O5. The van der Waals surface area contributed by atoms with Gasteiger partial charge < -0.3 is 15.4 Å². The minimum absolute atomic E-state index is 0.0448. The van der Waals surface area contributed by atoms with Gasteiger partial charge in [0.05, 0.1) is 11.6 Å². The van der Waals surface area contributed by atoms with Crippen LogP contribution in [0.1, 0.15) is 12.8 Å². The summed E-state index contributed by atoms with van der Waals surface area (Å²) in [6, 6.07) is 3.16.